The molecule has 1 N–H and O–H groups in total. The van der Waals surface area contributed by atoms with Gasteiger partial charge in [-0.15, -0.1) is 5.10 Å². The van der Waals surface area contributed by atoms with Gasteiger partial charge in [0.05, 0.1) is 12.5 Å². The van der Waals surface area contributed by atoms with Crippen LogP contribution in [0.4, 0.5) is 0 Å². The fourth-order valence-electron chi connectivity index (χ4n) is 3.50. The van der Waals surface area contributed by atoms with Gasteiger partial charge in [-0.1, -0.05) is 6.92 Å². The molecule has 2 fully saturated rings. The van der Waals surface area contributed by atoms with Crippen LogP contribution in [0.5, 0.6) is 0 Å². The van der Waals surface area contributed by atoms with Gasteiger partial charge in [0.15, 0.2) is 5.82 Å². The van der Waals surface area contributed by atoms with Crippen LogP contribution in [0.3, 0.4) is 0 Å². The number of carbonyl (C=O) groups is 1. The van der Waals surface area contributed by atoms with Gasteiger partial charge in [0.2, 0.25) is 0 Å². The average molecular weight is 265 g/mol. The molecule has 104 valence electrons. The van der Waals surface area contributed by atoms with Crippen molar-refractivity contribution >= 4 is 5.97 Å². The van der Waals surface area contributed by atoms with E-state index in [1.165, 1.54) is 0 Å². The zero-order valence-corrected chi connectivity index (χ0v) is 11.1. The Labute approximate surface area is 111 Å². The smallest absolute Gasteiger partial charge is 0.308 e. The highest BCUT2D eigenvalue weighted by molar-refractivity contribution is 5.71. The van der Waals surface area contributed by atoms with E-state index in [2.05, 4.69) is 27.3 Å². The molecule has 0 aliphatic carbocycles. The van der Waals surface area contributed by atoms with E-state index >= 15 is 0 Å². The molecule has 2 saturated heterocycles. The van der Waals surface area contributed by atoms with E-state index in [-0.39, 0.29) is 12.0 Å². The van der Waals surface area contributed by atoms with Crippen LogP contribution >= 0.6 is 0 Å². The molecule has 3 atom stereocenters. The summed E-state index contributed by atoms with van der Waals surface area (Å²) in [5.41, 5.74) is 0. The van der Waals surface area contributed by atoms with E-state index in [4.69, 9.17) is 0 Å². The zero-order valence-electron chi connectivity index (χ0n) is 11.1. The van der Waals surface area contributed by atoms with Crippen molar-refractivity contribution < 1.29 is 9.90 Å². The fraction of sp³-hybridized carbons (Fsp3) is 0.833. The van der Waals surface area contributed by atoms with E-state index in [1.54, 1.807) is 0 Å². The highest BCUT2D eigenvalue weighted by atomic mass is 16.4. The van der Waals surface area contributed by atoms with Gasteiger partial charge in [-0.05, 0) is 36.1 Å². The van der Waals surface area contributed by atoms with Gasteiger partial charge in [-0.2, -0.15) is 0 Å². The molecule has 0 radical (unpaired) electrons. The monoisotopic (exact) mass is 265 g/mol. The second-order valence-corrected chi connectivity index (χ2v) is 5.47. The van der Waals surface area contributed by atoms with Gasteiger partial charge in [-0.25, -0.2) is 4.68 Å². The van der Waals surface area contributed by atoms with Crippen molar-refractivity contribution in [1.82, 2.24) is 25.1 Å². The van der Waals surface area contributed by atoms with Crippen LogP contribution in [0.25, 0.3) is 0 Å². The lowest BCUT2D eigenvalue weighted by Gasteiger charge is -2.21. The molecule has 2 aliphatic rings. The number of rotatable bonds is 5. The molecule has 3 unspecified atom stereocenters. The summed E-state index contributed by atoms with van der Waals surface area (Å²) in [6, 6.07) is 0.548. The Morgan fingerprint density at radius 3 is 3.00 bits per heavy atom. The van der Waals surface area contributed by atoms with Crippen molar-refractivity contribution in [3.05, 3.63) is 5.82 Å². The van der Waals surface area contributed by atoms with Crippen molar-refractivity contribution in [2.24, 2.45) is 5.92 Å². The quantitative estimate of drug-likeness (QED) is 0.835. The molecule has 0 amide bonds. The molecule has 3 heterocycles. The summed E-state index contributed by atoms with van der Waals surface area (Å²) in [5.74, 6) is -0.0237. The normalized spacial score (nSPS) is 30.1. The van der Waals surface area contributed by atoms with Crippen LogP contribution in [0.15, 0.2) is 0 Å². The Kier molecular flexibility index (Phi) is 3.22. The number of hydrogen-bond donors (Lipinski definition) is 1. The molecule has 3 rings (SSSR count). The molecule has 1 aromatic heterocycles. The Morgan fingerprint density at radius 2 is 2.32 bits per heavy atom. The predicted molar refractivity (Wildman–Crippen MR) is 66.2 cm³/mol. The number of tetrazole rings is 1. The maximum Gasteiger partial charge on any atom is 0.308 e. The highest BCUT2D eigenvalue weighted by Crippen LogP contribution is 2.42. The number of fused-ring (bicyclic) bond motifs is 2. The Bertz CT molecular complexity index is 474. The number of nitrogens with zero attached hydrogens (tertiary/aromatic N) is 5. The molecular weight excluding hydrogens is 246 g/mol. The number of carboxylic acids is 1. The lowest BCUT2D eigenvalue weighted by atomic mass is 9.89. The summed E-state index contributed by atoms with van der Waals surface area (Å²) < 4.78 is 1.83. The Morgan fingerprint density at radius 1 is 1.47 bits per heavy atom. The lowest BCUT2D eigenvalue weighted by molar-refractivity contribution is -0.142. The molecule has 2 bridgehead atoms. The minimum absolute atomic E-state index is 0.161. The average Bonchev–Trinajstić information content (AvgIpc) is 3.07. The summed E-state index contributed by atoms with van der Waals surface area (Å²) in [6.07, 6.45) is 3.85. The van der Waals surface area contributed by atoms with E-state index in [0.717, 1.165) is 38.1 Å². The van der Waals surface area contributed by atoms with Gasteiger partial charge < -0.3 is 5.11 Å². The maximum atomic E-state index is 11.2. The molecule has 1 aromatic rings. The fourth-order valence-corrected chi connectivity index (χ4v) is 3.50. The number of aliphatic carboxylic acids is 1. The first kappa shape index (κ1) is 12.5. The second-order valence-electron chi connectivity index (χ2n) is 5.47. The predicted octanol–water partition coefficient (Wildman–Crippen LogP) is 0.521. The van der Waals surface area contributed by atoms with Crippen LogP contribution in [0.2, 0.25) is 0 Å². The summed E-state index contributed by atoms with van der Waals surface area (Å²) in [7, 11) is 0. The van der Waals surface area contributed by atoms with Gasteiger partial charge in [0.1, 0.15) is 0 Å². The third-order valence-corrected chi connectivity index (χ3v) is 4.36. The lowest BCUT2D eigenvalue weighted by Crippen LogP contribution is -2.33. The minimum atomic E-state index is -0.662. The molecule has 0 spiro atoms. The molecule has 7 heteroatoms. The summed E-state index contributed by atoms with van der Waals surface area (Å²) in [5, 5.41) is 21.0. The highest BCUT2D eigenvalue weighted by Gasteiger charge is 2.49. The van der Waals surface area contributed by atoms with E-state index < -0.39 is 5.97 Å². The summed E-state index contributed by atoms with van der Waals surface area (Å²) >= 11 is 0. The standard InChI is InChI=1S/C12H19N5O2/c1-2-5-17-11(13-14-15-17)7-16-8-3-4-10(16)9(6-8)12(18)19/h8-10H,2-7H2,1H3,(H,18,19). The first-order valence-corrected chi connectivity index (χ1v) is 6.94. The molecule has 19 heavy (non-hydrogen) atoms. The first-order chi connectivity index (χ1) is 9.20. The Hall–Kier alpha value is -1.50. The zero-order chi connectivity index (χ0) is 13.4. The molecule has 7 nitrogen and oxygen atoms in total. The van der Waals surface area contributed by atoms with Crippen LogP contribution in [0, 0.1) is 5.92 Å². The van der Waals surface area contributed by atoms with Crippen molar-refractivity contribution in [2.45, 2.75) is 57.8 Å². The van der Waals surface area contributed by atoms with Gasteiger partial charge in [0, 0.05) is 18.6 Å². The summed E-state index contributed by atoms with van der Waals surface area (Å²) in [4.78, 5) is 13.5. The SMILES string of the molecule is CCCn1nnnc1CN1C2CCC1C(C(=O)O)C2. The molecule has 0 saturated carbocycles. The van der Waals surface area contributed by atoms with Gasteiger partial charge >= 0.3 is 5.97 Å². The second kappa shape index (κ2) is 4.88. The largest absolute Gasteiger partial charge is 0.481 e. The summed E-state index contributed by atoms with van der Waals surface area (Å²) in [6.45, 7) is 3.57. The van der Waals surface area contributed by atoms with Crippen LogP contribution < -0.4 is 0 Å². The minimum Gasteiger partial charge on any atom is -0.481 e. The number of aromatic nitrogens is 4. The van der Waals surface area contributed by atoms with Crippen LogP contribution in [0.1, 0.15) is 38.4 Å². The van der Waals surface area contributed by atoms with Crippen molar-refractivity contribution in [3.8, 4) is 0 Å². The number of carboxylic acid groups (broad SMARTS) is 1. The van der Waals surface area contributed by atoms with Gasteiger partial charge in [-0.3, -0.25) is 9.69 Å². The van der Waals surface area contributed by atoms with Crippen LogP contribution in [-0.4, -0.2) is 48.3 Å². The molecular formula is C12H19N5O2. The molecule has 0 aromatic carbocycles. The van der Waals surface area contributed by atoms with Crippen molar-refractivity contribution in [1.29, 1.82) is 0 Å². The third kappa shape index (κ3) is 2.11. The van der Waals surface area contributed by atoms with Crippen molar-refractivity contribution in [2.75, 3.05) is 0 Å². The number of aryl methyl sites for hydroxylation is 1. The van der Waals surface area contributed by atoms with Crippen molar-refractivity contribution in [3.63, 3.8) is 0 Å². The van der Waals surface area contributed by atoms with E-state index in [9.17, 15) is 9.90 Å². The van der Waals surface area contributed by atoms with Gasteiger partial charge in [0.25, 0.3) is 0 Å². The topological polar surface area (TPSA) is 84.1 Å². The third-order valence-electron chi connectivity index (χ3n) is 4.36. The maximum absolute atomic E-state index is 11.2. The van der Waals surface area contributed by atoms with E-state index in [1.807, 2.05) is 4.68 Å². The molecule has 2 aliphatic heterocycles. The van der Waals surface area contributed by atoms with E-state index in [0.29, 0.717) is 12.6 Å². The first-order valence-electron chi connectivity index (χ1n) is 6.94. The number of hydrogen-bond acceptors (Lipinski definition) is 5. The Balaban J connectivity index is 1.74. The van der Waals surface area contributed by atoms with Crippen LogP contribution in [-0.2, 0) is 17.9 Å².